The molecule has 2 N–H and O–H groups in total. The third-order valence-electron chi connectivity index (χ3n) is 2.66. The number of amides is 1. The fourth-order valence-electron chi connectivity index (χ4n) is 1.87. The van der Waals surface area contributed by atoms with Crippen molar-refractivity contribution in [3.05, 3.63) is 36.0 Å². The molecule has 1 aliphatic rings. The van der Waals surface area contributed by atoms with Crippen LogP contribution in [0.5, 0.6) is 0 Å². The number of anilines is 3. The lowest BCUT2D eigenvalue weighted by molar-refractivity contribution is -0.107. The van der Waals surface area contributed by atoms with Crippen molar-refractivity contribution in [2.75, 3.05) is 10.2 Å². The summed E-state index contributed by atoms with van der Waals surface area (Å²) in [5, 5.41) is 10.1. The van der Waals surface area contributed by atoms with Crippen LogP contribution in [-0.4, -0.2) is 16.6 Å². The molecule has 2 aromatic rings. The van der Waals surface area contributed by atoms with E-state index in [0.29, 0.717) is 6.54 Å². The summed E-state index contributed by atoms with van der Waals surface area (Å²) in [5.74, 6) is 0.844. The smallest absolute Gasteiger partial charge is 0.214 e. The van der Waals surface area contributed by atoms with Gasteiger partial charge in [0.1, 0.15) is 5.82 Å². The molecular formula is C11H10N4O. The van der Waals surface area contributed by atoms with E-state index < -0.39 is 0 Å². The summed E-state index contributed by atoms with van der Waals surface area (Å²) in [7, 11) is 0. The van der Waals surface area contributed by atoms with Gasteiger partial charge in [0.05, 0.1) is 24.1 Å². The lowest BCUT2D eigenvalue weighted by atomic mass is 10.2. The van der Waals surface area contributed by atoms with Crippen LogP contribution in [0.2, 0.25) is 0 Å². The molecule has 80 valence electrons. The van der Waals surface area contributed by atoms with Gasteiger partial charge in [0.2, 0.25) is 6.41 Å². The minimum Gasteiger partial charge on any atom is -0.339 e. The van der Waals surface area contributed by atoms with Gasteiger partial charge in [-0.15, -0.1) is 0 Å². The zero-order chi connectivity index (χ0) is 11.0. The van der Waals surface area contributed by atoms with Gasteiger partial charge in [-0.3, -0.25) is 9.89 Å². The molecule has 0 radical (unpaired) electrons. The van der Waals surface area contributed by atoms with Crippen molar-refractivity contribution in [1.82, 2.24) is 10.2 Å². The van der Waals surface area contributed by atoms with Crippen molar-refractivity contribution in [3.63, 3.8) is 0 Å². The van der Waals surface area contributed by atoms with E-state index in [1.165, 1.54) is 0 Å². The van der Waals surface area contributed by atoms with Crippen LogP contribution >= 0.6 is 0 Å². The number of nitrogens with one attached hydrogen (secondary N) is 2. The summed E-state index contributed by atoms with van der Waals surface area (Å²) in [6, 6.07) is 7.68. The van der Waals surface area contributed by atoms with Gasteiger partial charge in [0.15, 0.2) is 0 Å². The molecule has 0 aliphatic carbocycles. The second-order valence-electron chi connectivity index (χ2n) is 3.65. The quantitative estimate of drug-likeness (QED) is 0.709. The monoisotopic (exact) mass is 214 g/mol. The van der Waals surface area contributed by atoms with Gasteiger partial charge in [-0.05, 0) is 12.1 Å². The number of fused-ring (bicyclic) bond motifs is 2. The molecule has 0 saturated carbocycles. The Morgan fingerprint density at radius 2 is 2.25 bits per heavy atom. The van der Waals surface area contributed by atoms with Crippen molar-refractivity contribution >= 4 is 23.6 Å². The minimum absolute atomic E-state index is 0.527. The zero-order valence-electron chi connectivity index (χ0n) is 8.47. The zero-order valence-corrected chi connectivity index (χ0v) is 8.47. The maximum Gasteiger partial charge on any atom is 0.214 e. The maximum absolute atomic E-state index is 11.1. The highest BCUT2D eigenvalue weighted by Crippen LogP contribution is 2.33. The lowest BCUT2D eigenvalue weighted by Gasteiger charge is -2.16. The Morgan fingerprint density at radius 3 is 3.12 bits per heavy atom. The number of para-hydroxylation sites is 2. The molecule has 0 saturated heterocycles. The predicted molar refractivity (Wildman–Crippen MR) is 60.6 cm³/mol. The van der Waals surface area contributed by atoms with Crippen LogP contribution in [0, 0.1) is 0 Å². The third-order valence-corrected chi connectivity index (χ3v) is 2.66. The van der Waals surface area contributed by atoms with Gasteiger partial charge in [0.25, 0.3) is 0 Å². The molecule has 1 aromatic carbocycles. The Morgan fingerprint density at radius 1 is 1.38 bits per heavy atom. The molecule has 0 atom stereocenters. The molecule has 1 aromatic heterocycles. The Labute approximate surface area is 92.1 Å². The van der Waals surface area contributed by atoms with E-state index in [4.69, 9.17) is 0 Å². The van der Waals surface area contributed by atoms with E-state index >= 15 is 0 Å². The van der Waals surface area contributed by atoms with E-state index in [2.05, 4.69) is 15.5 Å². The fraction of sp³-hybridized carbons (Fsp3) is 0.0909. The first-order valence-electron chi connectivity index (χ1n) is 4.99. The summed E-state index contributed by atoms with van der Waals surface area (Å²) in [6.45, 7) is 0.527. The van der Waals surface area contributed by atoms with Crippen LogP contribution in [0.3, 0.4) is 0 Å². The first kappa shape index (κ1) is 8.96. The number of hydrogen-bond acceptors (Lipinski definition) is 3. The minimum atomic E-state index is 0.527. The maximum atomic E-state index is 11.1. The van der Waals surface area contributed by atoms with Gasteiger partial charge in [-0.25, -0.2) is 0 Å². The topological polar surface area (TPSA) is 61.0 Å². The van der Waals surface area contributed by atoms with Crippen LogP contribution in [0.15, 0.2) is 30.5 Å². The molecular weight excluding hydrogens is 204 g/mol. The summed E-state index contributed by atoms with van der Waals surface area (Å²) < 4.78 is 0. The second-order valence-corrected chi connectivity index (χ2v) is 3.65. The Kier molecular flexibility index (Phi) is 1.89. The molecule has 1 amide bonds. The van der Waals surface area contributed by atoms with Crippen LogP contribution in [0.25, 0.3) is 0 Å². The molecule has 0 spiro atoms. The standard InChI is InChI=1S/C11H10N4O/c16-7-15-6-8-5-12-14-11(8)13-9-3-1-2-4-10(9)15/h1-5,7H,6H2,(H2,12,13,14). The van der Waals surface area contributed by atoms with Crippen molar-refractivity contribution in [3.8, 4) is 0 Å². The molecule has 5 nitrogen and oxygen atoms in total. The highest BCUT2D eigenvalue weighted by Gasteiger charge is 2.18. The number of H-pyrrole nitrogens is 1. The highest BCUT2D eigenvalue weighted by atomic mass is 16.1. The first-order valence-corrected chi connectivity index (χ1v) is 4.99. The number of nitrogens with zero attached hydrogens (tertiary/aromatic N) is 2. The highest BCUT2D eigenvalue weighted by molar-refractivity contribution is 5.87. The van der Waals surface area contributed by atoms with Gasteiger partial charge < -0.3 is 10.2 Å². The number of hydrogen-bond donors (Lipinski definition) is 2. The second kappa shape index (κ2) is 3.37. The molecule has 2 heterocycles. The third kappa shape index (κ3) is 1.25. The summed E-state index contributed by atoms with van der Waals surface area (Å²) in [6.07, 6.45) is 2.56. The number of carbonyl (C=O) groups excluding carboxylic acids is 1. The fourth-order valence-corrected chi connectivity index (χ4v) is 1.87. The van der Waals surface area contributed by atoms with Crippen molar-refractivity contribution in [2.45, 2.75) is 6.54 Å². The summed E-state index contributed by atoms with van der Waals surface area (Å²) in [4.78, 5) is 12.7. The predicted octanol–water partition coefficient (Wildman–Crippen LogP) is 1.63. The molecule has 16 heavy (non-hydrogen) atoms. The average molecular weight is 214 g/mol. The SMILES string of the molecule is O=CN1Cc2cn[nH]c2Nc2ccccc21. The van der Waals surface area contributed by atoms with E-state index in [-0.39, 0.29) is 0 Å². The van der Waals surface area contributed by atoms with Crippen molar-refractivity contribution in [1.29, 1.82) is 0 Å². The number of carbonyl (C=O) groups is 1. The Bertz CT molecular complexity index is 534. The number of aromatic nitrogens is 2. The summed E-state index contributed by atoms with van der Waals surface area (Å²) in [5.41, 5.74) is 2.75. The molecule has 0 unspecified atom stereocenters. The van der Waals surface area contributed by atoms with Crippen LogP contribution in [0.1, 0.15) is 5.56 Å². The van der Waals surface area contributed by atoms with Gasteiger partial charge in [-0.2, -0.15) is 5.10 Å². The van der Waals surface area contributed by atoms with E-state index in [9.17, 15) is 4.79 Å². The number of rotatable bonds is 1. The van der Waals surface area contributed by atoms with Crippen LogP contribution < -0.4 is 10.2 Å². The van der Waals surface area contributed by atoms with E-state index in [1.54, 1.807) is 11.1 Å². The lowest BCUT2D eigenvalue weighted by Crippen LogP contribution is -2.19. The van der Waals surface area contributed by atoms with Gasteiger partial charge >= 0.3 is 0 Å². The summed E-state index contributed by atoms with van der Waals surface area (Å²) >= 11 is 0. The van der Waals surface area contributed by atoms with Crippen LogP contribution in [-0.2, 0) is 11.3 Å². The average Bonchev–Trinajstić information content (AvgIpc) is 2.68. The largest absolute Gasteiger partial charge is 0.339 e. The van der Waals surface area contributed by atoms with E-state index in [1.807, 2.05) is 24.3 Å². The van der Waals surface area contributed by atoms with Crippen molar-refractivity contribution in [2.24, 2.45) is 0 Å². The number of benzene rings is 1. The van der Waals surface area contributed by atoms with E-state index in [0.717, 1.165) is 29.2 Å². The molecule has 0 bridgehead atoms. The van der Waals surface area contributed by atoms with Crippen molar-refractivity contribution < 1.29 is 4.79 Å². The Balaban J connectivity index is 2.16. The molecule has 5 heteroatoms. The number of aromatic amines is 1. The van der Waals surface area contributed by atoms with Gasteiger partial charge in [0, 0.05) is 5.56 Å². The molecule has 3 rings (SSSR count). The normalized spacial score (nSPS) is 13.4. The van der Waals surface area contributed by atoms with Crippen LogP contribution in [0.4, 0.5) is 17.2 Å². The molecule has 1 aliphatic heterocycles. The molecule has 0 fully saturated rings. The Hall–Kier alpha value is -2.30. The van der Waals surface area contributed by atoms with Gasteiger partial charge in [-0.1, -0.05) is 12.1 Å². The first-order chi connectivity index (χ1) is 7.88.